The van der Waals surface area contributed by atoms with Gasteiger partial charge in [0.25, 0.3) is 11.8 Å². The van der Waals surface area contributed by atoms with Crippen LogP contribution in [0.1, 0.15) is 26.6 Å². The number of aromatic nitrogens is 2. The molecule has 3 aromatic rings. The summed E-state index contributed by atoms with van der Waals surface area (Å²) in [6.45, 7) is 1.72. The van der Waals surface area contributed by atoms with Crippen molar-refractivity contribution in [3.05, 3.63) is 65.7 Å². The van der Waals surface area contributed by atoms with Crippen LogP contribution in [-0.4, -0.2) is 36.1 Å². The van der Waals surface area contributed by atoms with Gasteiger partial charge in [0.1, 0.15) is 11.5 Å². The minimum absolute atomic E-state index is 0.135. The SMILES string of the molecule is Cc1cc(NC(=O)c2ccnc(C(=O)Nc3ccc(N(C)C)cc3)c2)no1. The van der Waals surface area contributed by atoms with E-state index in [-0.39, 0.29) is 5.69 Å². The first-order valence-electron chi connectivity index (χ1n) is 8.22. The Hall–Kier alpha value is -3.68. The van der Waals surface area contributed by atoms with E-state index >= 15 is 0 Å². The molecule has 2 amide bonds. The molecule has 2 N–H and O–H groups in total. The van der Waals surface area contributed by atoms with Crippen molar-refractivity contribution in [2.75, 3.05) is 29.6 Å². The molecule has 0 saturated carbocycles. The van der Waals surface area contributed by atoms with Crippen molar-refractivity contribution in [2.45, 2.75) is 6.92 Å². The van der Waals surface area contributed by atoms with Gasteiger partial charge in [0.05, 0.1) is 0 Å². The molecular formula is C19H19N5O3. The predicted molar refractivity (Wildman–Crippen MR) is 102 cm³/mol. The fraction of sp³-hybridized carbons (Fsp3) is 0.158. The standard InChI is InChI=1S/C19H19N5O3/c1-12-10-17(23-27-12)22-18(25)13-8-9-20-16(11-13)19(26)21-14-4-6-15(7-5-14)24(2)3/h4-11H,1-3H3,(H,21,26)(H,22,23,25). The first-order chi connectivity index (χ1) is 12.9. The molecule has 3 rings (SSSR count). The van der Waals surface area contributed by atoms with Gasteiger partial charge in [-0.2, -0.15) is 0 Å². The number of aryl methyl sites for hydroxylation is 1. The Morgan fingerprint density at radius 3 is 2.37 bits per heavy atom. The molecule has 138 valence electrons. The van der Waals surface area contributed by atoms with E-state index in [1.807, 2.05) is 31.1 Å². The molecule has 0 spiro atoms. The van der Waals surface area contributed by atoms with Crippen LogP contribution in [0.2, 0.25) is 0 Å². The number of nitrogens with zero attached hydrogens (tertiary/aromatic N) is 3. The van der Waals surface area contributed by atoms with Crippen LogP contribution >= 0.6 is 0 Å². The first kappa shape index (κ1) is 18.1. The Kier molecular flexibility index (Phi) is 5.16. The summed E-state index contributed by atoms with van der Waals surface area (Å²) in [5.74, 6) is 0.0799. The number of benzene rings is 1. The summed E-state index contributed by atoms with van der Waals surface area (Å²) in [6, 6.07) is 11.9. The number of carbonyl (C=O) groups excluding carboxylic acids is 2. The molecule has 8 nitrogen and oxygen atoms in total. The molecule has 1 aromatic carbocycles. The highest BCUT2D eigenvalue weighted by molar-refractivity contribution is 6.07. The minimum Gasteiger partial charge on any atom is -0.378 e. The van der Waals surface area contributed by atoms with E-state index < -0.39 is 11.8 Å². The van der Waals surface area contributed by atoms with Gasteiger partial charge in [0.2, 0.25) is 0 Å². The maximum atomic E-state index is 12.4. The zero-order valence-corrected chi connectivity index (χ0v) is 15.2. The van der Waals surface area contributed by atoms with E-state index in [0.717, 1.165) is 5.69 Å². The molecule has 0 fully saturated rings. The number of anilines is 3. The van der Waals surface area contributed by atoms with E-state index in [1.165, 1.54) is 18.3 Å². The molecule has 0 aliphatic heterocycles. The quantitative estimate of drug-likeness (QED) is 0.721. The third-order valence-electron chi connectivity index (χ3n) is 3.77. The van der Waals surface area contributed by atoms with Gasteiger partial charge in [0.15, 0.2) is 5.82 Å². The van der Waals surface area contributed by atoms with Crippen LogP contribution in [-0.2, 0) is 0 Å². The van der Waals surface area contributed by atoms with Crippen LogP contribution in [0.25, 0.3) is 0 Å². The molecule has 27 heavy (non-hydrogen) atoms. The molecule has 0 aliphatic carbocycles. The highest BCUT2D eigenvalue weighted by Crippen LogP contribution is 2.16. The Morgan fingerprint density at radius 2 is 1.74 bits per heavy atom. The van der Waals surface area contributed by atoms with Gasteiger partial charge in [-0.15, -0.1) is 0 Å². The van der Waals surface area contributed by atoms with Crippen molar-refractivity contribution in [3.63, 3.8) is 0 Å². The first-order valence-corrected chi connectivity index (χ1v) is 8.22. The van der Waals surface area contributed by atoms with Gasteiger partial charge < -0.3 is 20.1 Å². The van der Waals surface area contributed by atoms with Gasteiger partial charge in [-0.3, -0.25) is 14.6 Å². The number of amides is 2. The highest BCUT2D eigenvalue weighted by atomic mass is 16.5. The summed E-state index contributed by atoms with van der Waals surface area (Å²) in [4.78, 5) is 30.7. The maximum absolute atomic E-state index is 12.4. The second-order valence-electron chi connectivity index (χ2n) is 6.10. The number of carbonyl (C=O) groups is 2. The van der Waals surface area contributed by atoms with E-state index in [1.54, 1.807) is 25.1 Å². The smallest absolute Gasteiger partial charge is 0.274 e. The van der Waals surface area contributed by atoms with Crippen LogP contribution in [0.15, 0.2) is 53.2 Å². The lowest BCUT2D eigenvalue weighted by Crippen LogP contribution is -2.17. The molecule has 2 heterocycles. The number of pyridine rings is 1. The second kappa shape index (κ2) is 7.69. The van der Waals surface area contributed by atoms with Gasteiger partial charge in [-0.25, -0.2) is 0 Å². The van der Waals surface area contributed by atoms with Gasteiger partial charge >= 0.3 is 0 Å². The third-order valence-corrected chi connectivity index (χ3v) is 3.77. The normalized spacial score (nSPS) is 10.3. The van der Waals surface area contributed by atoms with E-state index in [9.17, 15) is 9.59 Å². The molecule has 8 heteroatoms. The number of hydrogen-bond acceptors (Lipinski definition) is 6. The summed E-state index contributed by atoms with van der Waals surface area (Å²) in [6.07, 6.45) is 1.41. The fourth-order valence-electron chi connectivity index (χ4n) is 2.35. The maximum Gasteiger partial charge on any atom is 0.274 e. The van der Waals surface area contributed by atoms with Crippen LogP contribution in [0.4, 0.5) is 17.2 Å². The van der Waals surface area contributed by atoms with E-state index in [0.29, 0.717) is 22.8 Å². The summed E-state index contributed by atoms with van der Waals surface area (Å²) < 4.78 is 4.91. The Balaban J connectivity index is 1.70. The zero-order valence-electron chi connectivity index (χ0n) is 15.2. The van der Waals surface area contributed by atoms with Crippen molar-refractivity contribution in [3.8, 4) is 0 Å². The van der Waals surface area contributed by atoms with Crippen molar-refractivity contribution in [2.24, 2.45) is 0 Å². The molecule has 0 unspecified atom stereocenters. The molecular weight excluding hydrogens is 346 g/mol. The van der Waals surface area contributed by atoms with Gasteiger partial charge in [-0.1, -0.05) is 5.16 Å². The lowest BCUT2D eigenvalue weighted by molar-refractivity contribution is 0.102. The van der Waals surface area contributed by atoms with E-state index in [2.05, 4.69) is 20.8 Å². The van der Waals surface area contributed by atoms with Crippen LogP contribution in [0.3, 0.4) is 0 Å². The van der Waals surface area contributed by atoms with Gasteiger partial charge in [-0.05, 0) is 43.3 Å². The fourth-order valence-corrected chi connectivity index (χ4v) is 2.35. The Bertz CT molecular complexity index is 963. The second-order valence-corrected chi connectivity index (χ2v) is 6.10. The molecule has 2 aromatic heterocycles. The number of hydrogen-bond donors (Lipinski definition) is 2. The average molecular weight is 365 g/mol. The third kappa shape index (κ3) is 4.49. The van der Waals surface area contributed by atoms with Crippen LogP contribution < -0.4 is 15.5 Å². The lowest BCUT2D eigenvalue weighted by Gasteiger charge is -2.13. The average Bonchev–Trinajstić information content (AvgIpc) is 3.07. The van der Waals surface area contributed by atoms with Crippen LogP contribution in [0.5, 0.6) is 0 Å². The molecule has 0 radical (unpaired) electrons. The molecule has 0 saturated heterocycles. The molecule has 0 atom stereocenters. The lowest BCUT2D eigenvalue weighted by atomic mass is 10.2. The Labute approximate surface area is 156 Å². The van der Waals surface area contributed by atoms with E-state index in [4.69, 9.17) is 4.52 Å². The monoisotopic (exact) mass is 365 g/mol. The Morgan fingerprint density at radius 1 is 1.00 bits per heavy atom. The van der Waals surface area contributed by atoms with Crippen molar-refractivity contribution in [1.82, 2.24) is 10.1 Å². The van der Waals surface area contributed by atoms with Crippen molar-refractivity contribution < 1.29 is 14.1 Å². The van der Waals surface area contributed by atoms with Crippen molar-refractivity contribution >= 4 is 29.0 Å². The highest BCUT2D eigenvalue weighted by Gasteiger charge is 2.13. The van der Waals surface area contributed by atoms with Crippen molar-refractivity contribution in [1.29, 1.82) is 0 Å². The summed E-state index contributed by atoms with van der Waals surface area (Å²) in [5, 5.41) is 9.08. The summed E-state index contributed by atoms with van der Waals surface area (Å²) >= 11 is 0. The number of nitrogens with one attached hydrogen (secondary N) is 2. The topological polar surface area (TPSA) is 100 Å². The number of rotatable bonds is 5. The van der Waals surface area contributed by atoms with Gasteiger partial charge in [0, 0.05) is 43.3 Å². The predicted octanol–water partition coefficient (Wildman–Crippen LogP) is 2.95. The molecule has 0 bridgehead atoms. The summed E-state index contributed by atoms with van der Waals surface area (Å²) in [5.41, 5.74) is 2.09. The largest absolute Gasteiger partial charge is 0.378 e. The van der Waals surface area contributed by atoms with Crippen LogP contribution in [0, 0.1) is 6.92 Å². The summed E-state index contributed by atoms with van der Waals surface area (Å²) in [7, 11) is 3.88. The zero-order chi connectivity index (χ0) is 19.4. The molecule has 0 aliphatic rings. The minimum atomic E-state index is -0.407.